The highest BCUT2D eigenvalue weighted by Crippen LogP contribution is 2.42. The van der Waals surface area contributed by atoms with Crippen molar-refractivity contribution in [3.8, 4) is 0 Å². The van der Waals surface area contributed by atoms with Crippen LogP contribution in [0.4, 0.5) is 0 Å². The van der Waals surface area contributed by atoms with Crippen LogP contribution < -0.4 is 5.32 Å². The number of ether oxygens (including phenoxy) is 1. The Morgan fingerprint density at radius 1 is 1.39 bits per heavy atom. The van der Waals surface area contributed by atoms with Gasteiger partial charge in [-0.2, -0.15) is 0 Å². The van der Waals surface area contributed by atoms with Gasteiger partial charge < -0.3 is 18.9 Å². The molecule has 0 radical (unpaired) electrons. The quantitative estimate of drug-likeness (QED) is 0.932. The van der Waals surface area contributed by atoms with Gasteiger partial charge >= 0.3 is 0 Å². The number of hydrogen-bond acceptors (Lipinski definition) is 4. The Balaban J connectivity index is 1.79. The number of carbonyl (C=O) groups is 1. The van der Waals surface area contributed by atoms with Gasteiger partial charge in [-0.1, -0.05) is 13.8 Å². The van der Waals surface area contributed by atoms with Crippen molar-refractivity contribution in [1.82, 2.24) is 5.32 Å². The zero-order chi connectivity index (χ0) is 16.6. The zero-order valence-corrected chi connectivity index (χ0v) is 14.1. The maximum Gasteiger partial charge on any atom is 0.287 e. The number of fused-ring (bicyclic) bond motifs is 1. The molecule has 0 bridgehead atoms. The van der Waals surface area contributed by atoms with Crippen LogP contribution >= 0.6 is 0 Å². The van der Waals surface area contributed by atoms with Crippen molar-refractivity contribution in [1.29, 1.82) is 0 Å². The van der Waals surface area contributed by atoms with Gasteiger partial charge in [-0.15, -0.1) is 0 Å². The summed E-state index contributed by atoms with van der Waals surface area (Å²) >= 11 is 0. The maximum absolute atomic E-state index is 12.5. The van der Waals surface area contributed by atoms with E-state index in [-0.39, 0.29) is 17.4 Å². The maximum atomic E-state index is 12.5. The molecule has 2 aromatic heterocycles. The second kappa shape index (κ2) is 5.89. The van der Waals surface area contributed by atoms with E-state index in [1.54, 1.807) is 19.2 Å². The molecule has 23 heavy (non-hydrogen) atoms. The van der Waals surface area contributed by atoms with E-state index in [1.807, 2.05) is 13.0 Å². The molecule has 1 unspecified atom stereocenters. The van der Waals surface area contributed by atoms with Gasteiger partial charge in [0.1, 0.15) is 23.9 Å². The molecule has 1 N–H and O–H groups in total. The number of rotatable bonds is 4. The fraction of sp³-hybridized carbons (Fsp3) is 0.500. The molecule has 1 aliphatic carbocycles. The molecule has 5 heteroatoms. The van der Waals surface area contributed by atoms with E-state index in [9.17, 15) is 4.79 Å². The number of hydrogen-bond donors (Lipinski definition) is 1. The topological polar surface area (TPSA) is 64.6 Å². The minimum Gasteiger partial charge on any atom is -0.466 e. The standard InChI is InChI=1S/C18H23NO4/c1-11-7-13-14(8-18(2,3)9-16(13)22-11)19-17(20)15-6-5-12(23-15)10-21-4/h5-7,14H,8-10H2,1-4H3,(H,19,20). The third-order valence-electron chi connectivity index (χ3n) is 4.21. The highest BCUT2D eigenvalue weighted by atomic mass is 16.5. The fourth-order valence-electron chi connectivity index (χ4n) is 3.26. The highest BCUT2D eigenvalue weighted by Gasteiger charge is 2.36. The summed E-state index contributed by atoms with van der Waals surface area (Å²) in [5.41, 5.74) is 1.17. The van der Waals surface area contributed by atoms with E-state index in [4.69, 9.17) is 13.6 Å². The summed E-state index contributed by atoms with van der Waals surface area (Å²) in [5, 5.41) is 3.08. The molecule has 124 valence electrons. The van der Waals surface area contributed by atoms with Gasteiger partial charge in [-0.25, -0.2) is 0 Å². The Labute approximate surface area is 136 Å². The van der Waals surface area contributed by atoms with Gasteiger partial charge in [0, 0.05) is 19.1 Å². The van der Waals surface area contributed by atoms with E-state index in [0.29, 0.717) is 18.1 Å². The Hall–Kier alpha value is -2.01. The predicted molar refractivity (Wildman–Crippen MR) is 85.2 cm³/mol. The molecule has 2 aromatic rings. The smallest absolute Gasteiger partial charge is 0.287 e. The monoisotopic (exact) mass is 317 g/mol. The first-order chi connectivity index (χ1) is 10.9. The molecular formula is C18H23NO4. The van der Waals surface area contributed by atoms with Crippen LogP contribution in [0.1, 0.15) is 59.7 Å². The molecule has 3 rings (SSSR count). The van der Waals surface area contributed by atoms with Gasteiger partial charge in [0.15, 0.2) is 5.76 Å². The van der Waals surface area contributed by atoms with Gasteiger partial charge in [0.25, 0.3) is 5.91 Å². The summed E-state index contributed by atoms with van der Waals surface area (Å²) < 4.78 is 16.3. The van der Waals surface area contributed by atoms with Crippen LogP contribution in [-0.4, -0.2) is 13.0 Å². The molecule has 1 amide bonds. The number of amides is 1. The predicted octanol–water partition coefficient (Wildman–Crippen LogP) is 3.77. The Morgan fingerprint density at radius 2 is 2.17 bits per heavy atom. The molecule has 0 spiro atoms. The van der Waals surface area contributed by atoms with E-state index in [0.717, 1.165) is 29.9 Å². The first-order valence-electron chi connectivity index (χ1n) is 7.86. The minimum absolute atomic E-state index is 0.0605. The molecule has 0 saturated carbocycles. The second-order valence-corrected chi connectivity index (χ2v) is 7.01. The van der Waals surface area contributed by atoms with Gasteiger partial charge in [0.05, 0.1) is 6.04 Å². The molecule has 0 fully saturated rings. The first-order valence-corrected chi connectivity index (χ1v) is 7.86. The van der Waals surface area contributed by atoms with Crippen LogP contribution in [0, 0.1) is 12.3 Å². The third-order valence-corrected chi connectivity index (χ3v) is 4.21. The highest BCUT2D eigenvalue weighted by molar-refractivity contribution is 5.91. The third kappa shape index (κ3) is 3.34. The van der Waals surface area contributed by atoms with Gasteiger partial charge in [-0.05, 0) is 37.0 Å². The average Bonchev–Trinajstić information content (AvgIpc) is 3.04. The van der Waals surface area contributed by atoms with Crippen LogP contribution in [-0.2, 0) is 17.8 Å². The lowest BCUT2D eigenvalue weighted by Gasteiger charge is -2.34. The van der Waals surface area contributed by atoms with Crippen LogP contribution in [0.2, 0.25) is 0 Å². The van der Waals surface area contributed by atoms with Crippen LogP contribution in [0.15, 0.2) is 27.0 Å². The van der Waals surface area contributed by atoms with Crippen LogP contribution in [0.5, 0.6) is 0 Å². The number of furan rings is 2. The van der Waals surface area contributed by atoms with Crippen molar-refractivity contribution < 1.29 is 18.4 Å². The molecule has 0 saturated heterocycles. The van der Waals surface area contributed by atoms with E-state index in [2.05, 4.69) is 19.2 Å². The summed E-state index contributed by atoms with van der Waals surface area (Å²) in [5.74, 6) is 2.60. The lowest BCUT2D eigenvalue weighted by atomic mass is 9.74. The molecule has 0 aromatic carbocycles. The van der Waals surface area contributed by atoms with Gasteiger partial charge in [-0.3, -0.25) is 4.79 Å². The van der Waals surface area contributed by atoms with Crippen molar-refractivity contribution in [2.24, 2.45) is 5.41 Å². The summed E-state index contributed by atoms with van der Waals surface area (Å²) in [6.45, 7) is 6.68. The largest absolute Gasteiger partial charge is 0.466 e. The Morgan fingerprint density at radius 3 is 2.91 bits per heavy atom. The molecular weight excluding hydrogens is 294 g/mol. The normalized spacial score (nSPS) is 19.4. The van der Waals surface area contributed by atoms with Crippen LogP contribution in [0.3, 0.4) is 0 Å². The summed E-state index contributed by atoms with van der Waals surface area (Å²) in [7, 11) is 1.59. The average molecular weight is 317 g/mol. The number of methoxy groups -OCH3 is 1. The SMILES string of the molecule is COCc1ccc(C(=O)NC2CC(C)(C)Cc3oc(C)cc32)o1. The summed E-state index contributed by atoms with van der Waals surface area (Å²) in [4.78, 5) is 12.5. The summed E-state index contributed by atoms with van der Waals surface area (Å²) in [6, 6.07) is 5.40. The first kappa shape index (κ1) is 15.9. The van der Waals surface area contributed by atoms with Crippen molar-refractivity contribution in [3.63, 3.8) is 0 Å². The van der Waals surface area contributed by atoms with Crippen molar-refractivity contribution in [3.05, 3.63) is 46.8 Å². The fourth-order valence-corrected chi connectivity index (χ4v) is 3.26. The zero-order valence-electron chi connectivity index (χ0n) is 14.1. The minimum atomic E-state index is -0.208. The molecule has 0 aliphatic heterocycles. The molecule has 1 atom stereocenters. The number of aryl methyl sites for hydroxylation is 1. The summed E-state index contributed by atoms with van der Waals surface area (Å²) in [6.07, 6.45) is 1.76. The van der Waals surface area contributed by atoms with E-state index in [1.165, 1.54) is 0 Å². The Bertz CT molecular complexity index is 710. The lowest BCUT2D eigenvalue weighted by Crippen LogP contribution is -2.35. The van der Waals surface area contributed by atoms with E-state index < -0.39 is 0 Å². The van der Waals surface area contributed by atoms with Gasteiger partial charge in [0.2, 0.25) is 0 Å². The van der Waals surface area contributed by atoms with Crippen molar-refractivity contribution in [2.45, 2.75) is 46.3 Å². The number of carbonyl (C=O) groups excluding carboxylic acids is 1. The molecule has 2 heterocycles. The van der Waals surface area contributed by atoms with Crippen LogP contribution in [0.25, 0.3) is 0 Å². The Kier molecular flexibility index (Phi) is 4.06. The second-order valence-electron chi connectivity index (χ2n) is 7.01. The van der Waals surface area contributed by atoms with E-state index >= 15 is 0 Å². The molecule has 5 nitrogen and oxygen atoms in total. The van der Waals surface area contributed by atoms with Crippen molar-refractivity contribution >= 4 is 5.91 Å². The lowest BCUT2D eigenvalue weighted by molar-refractivity contribution is 0.0880. The number of nitrogens with one attached hydrogen (secondary N) is 1. The van der Waals surface area contributed by atoms with Crippen molar-refractivity contribution in [2.75, 3.05) is 7.11 Å². The molecule has 1 aliphatic rings.